The summed E-state index contributed by atoms with van der Waals surface area (Å²) in [4.78, 5) is 90.3. The molecule has 0 aromatic heterocycles. The summed E-state index contributed by atoms with van der Waals surface area (Å²) in [6.45, 7) is -0.605. The molecule has 1 aromatic carbocycles. The average molecular weight is 801 g/mol. The van der Waals surface area contributed by atoms with Crippen LogP contribution in [0.2, 0.25) is 0 Å². The van der Waals surface area contributed by atoms with E-state index in [1.165, 1.54) is 0 Å². The number of carboxylic acid groups (broad SMARTS) is 4. The Morgan fingerprint density at radius 1 is 0.731 bits per heavy atom. The normalized spacial score (nSPS) is 18.1. The van der Waals surface area contributed by atoms with Crippen LogP contribution in [0.25, 0.3) is 0 Å². The number of carbonyl (C=O) groups is 4. The predicted molar refractivity (Wildman–Crippen MR) is 188 cm³/mol. The summed E-state index contributed by atoms with van der Waals surface area (Å²) in [5.41, 5.74) is 1.20. The maximum atomic E-state index is 12.0. The van der Waals surface area contributed by atoms with Crippen molar-refractivity contribution in [2.75, 3.05) is 83.9 Å². The van der Waals surface area contributed by atoms with Crippen molar-refractivity contribution in [3.05, 3.63) is 29.8 Å². The molecule has 0 aliphatic carbocycles. The van der Waals surface area contributed by atoms with Crippen molar-refractivity contribution >= 4 is 62.1 Å². The lowest BCUT2D eigenvalue weighted by atomic mass is 10.0. The molecule has 1 fully saturated rings. The van der Waals surface area contributed by atoms with E-state index in [1.807, 2.05) is 0 Å². The zero-order chi connectivity index (χ0) is 39.3. The smallest absolute Gasteiger partial charge is 0.369 e. The zero-order valence-corrected chi connectivity index (χ0v) is 30.7. The summed E-state index contributed by atoms with van der Waals surface area (Å²) < 4.78 is 23.0. The second kappa shape index (κ2) is 20.4. The molecule has 1 aromatic rings. The van der Waals surface area contributed by atoms with Crippen LogP contribution in [-0.4, -0.2) is 183 Å². The van der Waals surface area contributed by atoms with Crippen LogP contribution in [-0.2, 0) is 34.7 Å². The van der Waals surface area contributed by atoms with E-state index in [0.717, 1.165) is 5.56 Å². The molecule has 21 nitrogen and oxygen atoms in total. The first-order chi connectivity index (χ1) is 24.1. The highest BCUT2D eigenvalue weighted by atomic mass is 32.1. The van der Waals surface area contributed by atoms with Crippen LogP contribution in [0.15, 0.2) is 24.3 Å². The van der Waals surface area contributed by atoms with Crippen LogP contribution in [0.3, 0.4) is 0 Å². The fraction of sp³-hybridized carbons (Fsp3) is 0.607. The largest absolute Gasteiger partial charge is 0.480 e. The van der Waals surface area contributed by atoms with Gasteiger partial charge in [-0.25, -0.2) is 0 Å². The Bertz CT molecular complexity index is 1470. The second-order valence-corrected chi connectivity index (χ2v) is 16.7. The van der Waals surface area contributed by atoms with Gasteiger partial charge in [0.2, 0.25) is 0 Å². The number of hydrogen-bond donors (Lipinski definition) is 11. The highest BCUT2D eigenvalue weighted by Gasteiger charge is 2.58. The van der Waals surface area contributed by atoms with Crippen molar-refractivity contribution in [1.29, 1.82) is 0 Å². The van der Waals surface area contributed by atoms with Gasteiger partial charge in [0.1, 0.15) is 0 Å². The van der Waals surface area contributed by atoms with E-state index in [2.05, 4.69) is 10.6 Å². The van der Waals surface area contributed by atoms with Gasteiger partial charge in [-0.2, -0.15) is 0 Å². The van der Waals surface area contributed by atoms with Gasteiger partial charge in [0, 0.05) is 70.5 Å². The van der Waals surface area contributed by atoms with E-state index >= 15 is 0 Å². The molecule has 1 saturated heterocycles. The van der Waals surface area contributed by atoms with E-state index in [9.17, 15) is 73.4 Å². The highest BCUT2D eigenvalue weighted by Crippen LogP contribution is 2.69. The molecule has 2 rings (SSSR count). The van der Waals surface area contributed by atoms with Crippen LogP contribution in [0.4, 0.5) is 5.69 Å². The number of hydrogen-bond acceptors (Lipinski definition) is 12. The molecular weight excluding hydrogens is 754 g/mol. The third kappa shape index (κ3) is 15.5. The second-order valence-electron chi connectivity index (χ2n) is 12.2. The van der Waals surface area contributed by atoms with Crippen LogP contribution >= 0.6 is 27.4 Å². The molecule has 1 aliphatic heterocycles. The molecule has 24 heteroatoms. The number of nitrogens with zero attached hydrogens (tertiary/aromatic N) is 4. The van der Waals surface area contributed by atoms with Crippen LogP contribution in [0.1, 0.15) is 18.4 Å². The number of thiocarbonyl (C=S) groups is 1. The van der Waals surface area contributed by atoms with Gasteiger partial charge in [0.15, 0.2) is 5.11 Å². The summed E-state index contributed by atoms with van der Waals surface area (Å²) in [7, 11) is -11.2. The Morgan fingerprint density at radius 2 is 1.17 bits per heavy atom. The summed E-state index contributed by atoms with van der Waals surface area (Å²) >= 11 is 5.21. The van der Waals surface area contributed by atoms with Gasteiger partial charge < -0.3 is 55.7 Å². The van der Waals surface area contributed by atoms with E-state index in [0.29, 0.717) is 5.69 Å². The standard InChI is InChI=1S/C28H46N6O15P2S/c35-23(36)16-31-8-9-32(17-24(37)38)12-13-34(19-26(41)42)22(15-33(11-10-31)18-25(39)40)14-20-2-4-21(5-3-20)30-27(52)29-7-1-6-28(43,50(44,45)46)51(47,48)49/h2-5,22,43H,1,6-19H2,(H,35,36)(H,37,38)(H,39,40)(H,41,42)(H2,29,30,52)(H2,44,45,46)(H2,47,48,49). The highest BCUT2D eigenvalue weighted by molar-refractivity contribution is 7.80. The van der Waals surface area contributed by atoms with Crippen molar-refractivity contribution in [1.82, 2.24) is 24.9 Å². The van der Waals surface area contributed by atoms with Gasteiger partial charge in [-0.15, -0.1) is 0 Å². The van der Waals surface area contributed by atoms with Crippen LogP contribution in [0.5, 0.6) is 0 Å². The molecule has 11 N–H and O–H groups in total. The Hall–Kier alpha value is -3.11. The van der Waals surface area contributed by atoms with Gasteiger partial charge in [0.25, 0.3) is 5.08 Å². The third-order valence-electron chi connectivity index (χ3n) is 8.16. The zero-order valence-electron chi connectivity index (χ0n) is 28.1. The Kier molecular flexibility index (Phi) is 17.7. The van der Waals surface area contributed by atoms with Crippen molar-refractivity contribution < 1.29 is 73.4 Å². The minimum absolute atomic E-state index is 0.0442. The fourth-order valence-electron chi connectivity index (χ4n) is 5.52. The molecule has 52 heavy (non-hydrogen) atoms. The SMILES string of the molecule is O=C(O)CN1CCN(CC(=O)O)CCN(CC(=O)O)C(Cc2ccc(NC(=S)NCCCC(O)(P(=O)(O)O)P(=O)(O)O)cc2)CN(CC(=O)O)CC1. The number of nitrogens with one attached hydrogen (secondary N) is 2. The molecule has 0 amide bonds. The molecule has 1 unspecified atom stereocenters. The minimum Gasteiger partial charge on any atom is -0.480 e. The summed E-state index contributed by atoms with van der Waals surface area (Å²) in [5.74, 6) is -4.49. The molecule has 0 bridgehead atoms. The van der Waals surface area contributed by atoms with Gasteiger partial charge in [-0.1, -0.05) is 12.1 Å². The van der Waals surface area contributed by atoms with Gasteiger partial charge in [-0.3, -0.25) is 47.9 Å². The quantitative estimate of drug-likeness (QED) is 0.0472. The van der Waals surface area contributed by atoms with Crippen molar-refractivity contribution in [3.8, 4) is 0 Å². The minimum atomic E-state index is -5.58. The van der Waals surface area contributed by atoms with E-state index in [-0.39, 0.29) is 83.4 Å². The number of rotatable bonds is 17. The molecule has 0 saturated carbocycles. The van der Waals surface area contributed by atoms with Crippen LogP contribution in [0, 0.1) is 0 Å². The Balaban J connectivity index is 2.22. The van der Waals surface area contributed by atoms with Gasteiger partial charge >= 0.3 is 39.1 Å². The average Bonchev–Trinajstić information content (AvgIpc) is 3.00. The molecule has 1 heterocycles. The summed E-state index contributed by atoms with van der Waals surface area (Å²) in [5, 5.41) is 50.3. The molecule has 0 spiro atoms. The van der Waals surface area contributed by atoms with E-state index in [4.69, 9.17) is 12.2 Å². The van der Waals surface area contributed by atoms with Crippen LogP contribution < -0.4 is 10.6 Å². The number of benzene rings is 1. The maximum absolute atomic E-state index is 12.0. The number of aliphatic carboxylic acids is 4. The summed E-state index contributed by atoms with van der Waals surface area (Å²) in [6, 6.07) is 6.15. The van der Waals surface area contributed by atoms with E-state index < -0.39 is 69.7 Å². The van der Waals surface area contributed by atoms with Gasteiger partial charge in [0.05, 0.1) is 26.2 Å². The van der Waals surface area contributed by atoms with Gasteiger partial charge in [-0.05, 0) is 42.8 Å². The van der Waals surface area contributed by atoms with Crippen molar-refractivity contribution in [3.63, 3.8) is 0 Å². The lowest BCUT2D eigenvalue weighted by Gasteiger charge is -2.37. The first-order valence-electron chi connectivity index (χ1n) is 15.9. The Labute approximate surface area is 304 Å². The number of carboxylic acids is 4. The lowest BCUT2D eigenvalue weighted by Crippen LogP contribution is -2.53. The van der Waals surface area contributed by atoms with E-state index in [1.54, 1.807) is 43.9 Å². The lowest BCUT2D eigenvalue weighted by molar-refractivity contribution is -0.142. The molecular formula is C28H46N6O15P2S. The molecule has 0 radical (unpaired) electrons. The topological polar surface area (TPSA) is 322 Å². The number of aliphatic hydroxyl groups is 1. The molecule has 294 valence electrons. The van der Waals surface area contributed by atoms with Crippen molar-refractivity contribution in [2.45, 2.75) is 30.4 Å². The third-order valence-corrected chi connectivity index (χ3v) is 12.3. The monoisotopic (exact) mass is 800 g/mol. The van der Waals surface area contributed by atoms with Crippen molar-refractivity contribution in [2.24, 2.45) is 0 Å². The number of anilines is 1. The summed E-state index contributed by atoms with van der Waals surface area (Å²) in [6.07, 6.45) is -0.952. The fourth-order valence-corrected chi connectivity index (χ4v) is 7.99. The maximum Gasteiger partial charge on any atom is 0.369 e. The first kappa shape index (κ1) is 45.0. The molecule has 1 aliphatic rings. The predicted octanol–water partition coefficient (Wildman–Crippen LogP) is -1.77. The Morgan fingerprint density at radius 3 is 1.63 bits per heavy atom. The molecule has 1 atom stereocenters. The first-order valence-corrected chi connectivity index (χ1v) is 19.5.